The second-order valence-corrected chi connectivity index (χ2v) is 8.46. The van der Waals surface area contributed by atoms with Crippen molar-refractivity contribution in [2.75, 3.05) is 19.7 Å². The molecule has 164 valence electrons. The van der Waals surface area contributed by atoms with E-state index in [0.717, 1.165) is 10.9 Å². The molecule has 7 nitrogen and oxygen atoms in total. The number of piperidine rings is 1. The number of ketones is 1. The zero-order chi connectivity index (χ0) is 22.3. The number of para-hydroxylation sites is 1. The van der Waals surface area contributed by atoms with Gasteiger partial charge in [0.05, 0.1) is 12.0 Å². The lowest BCUT2D eigenvalue weighted by molar-refractivity contribution is -0.136. The average molecular weight is 433 g/mol. The largest absolute Gasteiger partial charge is 0.486 e. The summed E-state index contributed by atoms with van der Waals surface area (Å²) in [6, 6.07) is 14.0. The smallest absolute Gasteiger partial charge is 0.336 e. The molecule has 1 amide bonds. The Balaban J connectivity index is 1.21. The minimum Gasteiger partial charge on any atom is -0.486 e. The monoisotopic (exact) mass is 433 g/mol. The first kappa shape index (κ1) is 20.3. The number of hydrogen-bond acceptors (Lipinski definition) is 6. The molecule has 3 heterocycles. The molecule has 5 rings (SSSR count). The number of ether oxygens (including phenoxy) is 2. The van der Waals surface area contributed by atoms with E-state index in [1.54, 1.807) is 23.1 Å². The zero-order valence-electron chi connectivity index (χ0n) is 17.8. The number of carbonyl (C=O) groups is 2. The molecule has 0 aliphatic carbocycles. The zero-order valence-corrected chi connectivity index (χ0v) is 17.8. The maximum absolute atomic E-state index is 12.7. The number of rotatable bonds is 3. The summed E-state index contributed by atoms with van der Waals surface area (Å²) >= 11 is 0. The Hall–Kier alpha value is -3.61. The van der Waals surface area contributed by atoms with Crippen LogP contribution in [0.25, 0.3) is 11.0 Å². The van der Waals surface area contributed by atoms with Crippen molar-refractivity contribution >= 4 is 22.7 Å². The molecule has 3 aromatic rings. The Morgan fingerprint density at radius 2 is 1.88 bits per heavy atom. The van der Waals surface area contributed by atoms with Crippen LogP contribution in [-0.4, -0.2) is 41.9 Å². The van der Waals surface area contributed by atoms with Gasteiger partial charge in [0.1, 0.15) is 22.7 Å². The summed E-state index contributed by atoms with van der Waals surface area (Å²) in [4.78, 5) is 38.6. The maximum atomic E-state index is 12.7. The highest BCUT2D eigenvalue weighted by atomic mass is 16.5. The molecule has 2 aliphatic heterocycles. The SMILES string of the molecule is Cc1cc(=O)oc2cc(OCC(=O)N3CCC4(CC3)CC(=O)c3ccccc3O4)ccc12. The number of carbonyl (C=O) groups excluding carboxylic acids is 2. The normalized spacial score (nSPS) is 17.2. The highest BCUT2D eigenvalue weighted by Gasteiger charge is 2.43. The predicted octanol–water partition coefficient (Wildman–Crippen LogP) is 3.51. The first-order valence-electron chi connectivity index (χ1n) is 10.7. The van der Waals surface area contributed by atoms with E-state index in [4.69, 9.17) is 13.9 Å². The molecule has 1 fully saturated rings. The first-order valence-corrected chi connectivity index (χ1v) is 10.7. The predicted molar refractivity (Wildman–Crippen MR) is 117 cm³/mol. The standard InChI is InChI=1S/C25H23NO6/c1-16-12-24(29)31-22-13-17(6-7-18(16)22)30-15-23(28)26-10-8-25(9-11-26)14-20(27)19-4-2-3-5-21(19)32-25/h2-7,12-13H,8-11,14-15H2,1H3. The molecular weight excluding hydrogens is 410 g/mol. The van der Waals surface area contributed by atoms with E-state index in [1.807, 2.05) is 31.2 Å². The van der Waals surface area contributed by atoms with Crippen molar-refractivity contribution in [1.82, 2.24) is 4.90 Å². The lowest BCUT2D eigenvalue weighted by atomic mass is 9.82. The molecule has 0 bridgehead atoms. The van der Waals surface area contributed by atoms with Crippen molar-refractivity contribution in [2.45, 2.75) is 31.8 Å². The molecule has 0 unspecified atom stereocenters. The van der Waals surface area contributed by atoms with Crippen molar-refractivity contribution in [1.29, 1.82) is 0 Å². The van der Waals surface area contributed by atoms with E-state index in [1.165, 1.54) is 6.07 Å². The summed E-state index contributed by atoms with van der Waals surface area (Å²) in [6.45, 7) is 2.73. The van der Waals surface area contributed by atoms with E-state index in [2.05, 4.69) is 0 Å². The van der Waals surface area contributed by atoms with Gasteiger partial charge in [-0.15, -0.1) is 0 Å². The molecular formula is C25H23NO6. The van der Waals surface area contributed by atoms with Crippen LogP contribution in [0.15, 0.2) is 57.7 Å². The van der Waals surface area contributed by atoms with Gasteiger partial charge in [-0.05, 0) is 36.8 Å². The van der Waals surface area contributed by atoms with Gasteiger partial charge < -0.3 is 18.8 Å². The van der Waals surface area contributed by atoms with Gasteiger partial charge in [0.2, 0.25) is 0 Å². The number of amides is 1. The van der Waals surface area contributed by atoms with Gasteiger partial charge in [-0.3, -0.25) is 9.59 Å². The van der Waals surface area contributed by atoms with Crippen LogP contribution in [0.4, 0.5) is 0 Å². The Morgan fingerprint density at radius 3 is 2.69 bits per heavy atom. The van der Waals surface area contributed by atoms with Crippen molar-refractivity contribution in [3.8, 4) is 11.5 Å². The highest BCUT2D eigenvalue weighted by molar-refractivity contribution is 6.00. The number of fused-ring (bicyclic) bond motifs is 2. The summed E-state index contributed by atoms with van der Waals surface area (Å²) in [5.41, 5.74) is 0.922. The van der Waals surface area contributed by atoms with Crippen LogP contribution < -0.4 is 15.1 Å². The van der Waals surface area contributed by atoms with Crippen LogP contribution in [0.5, 0.6) is 11.5 Å². The average Bonchev–Trinajstić information content (AvgIpc) is 2.77. The minimum absolute atomic E-state index is 0.0909. The van der Waals surface area contributed by atoms with Gasteiger partial charge in [-0.2, -0.15) is 0 Å². The number of nitrogens with zero attached hydrogens (tertiary/aromatic N) is 1. The van der Waals surface area contributed by atoms with Crippen LogP contribution in [0.2, 0.25) is 0 Å². The highest BCUT2D eigenvalue weighted by Crippen LogP contribution is 2.39. The van der Waals surface area contributed by atoms with Crippen LogP contribution in [-0.2, 0) is 4.79 Å². The molecule has 0 radical (unpaired) electrons. The lowest BCUT2D eigenvalue weighted by Crippen LogP contribution is -2.53. The summed E-state index contributed by atoms with van der Waals surface area (Å²) in [7, 11) is 0. The van der Waals surface area contributed by atoms with E-state index in [-0.39, 0.29) is 18.3 Å². The molecule has 2 aliphatic rings. The lowest BCUT2D eigenvalue weighted by Gasteiger charge is -2.43. The van der Waals surface area contributed by atoms with Gasteiger partial charge in [0, 0.05) is 43.5 Å². The van der Waals surface area contributed by atoms with E-state index in [9.17, 15) is 14.4 Å². The Bertz CT molecular complexity index is 1270. The Kier molecular flexibility index (Phi) is 4.96. The number of aryl methyl sites for hydroxylation is 1. The third-order valence-corrected chi connectivity index (χ3v) is 6.31. The van der Waals surface area contributed by atoms with Gasteiger partial charge in [0.15, 0.2) is 12.4 Å². The van der Waals surface area contributed by atoms with Gasteiger partial charge in [0.25, 0.3) is 5.91 Å². The fourth-order valence-corrected chi connectivity index (χ4v) is 4.52. The molecule has 7 heteroatoms. The van der Waals surface area contributed by atoms with Crippen LogP contribution in [0.3, 0.4) is 0 Å². The summed E-state index contributed by atoms with van der Waals surface area (Å²) in [5.74, 6) is 1.05. The molecule has 0 saturated carbocycles. The van der Waals surface area contributed by atoms with Crippen molar-refractivity contribution in [3.63, 3.8) is 0 Å². The maximum Gasteiger partial charge on any atom is 0.336 e. The van der Waals surface area contributed by atoms with Crippen LogP contribution >= 0.6 is 0 Å². The van der Waals surface area contributed by atoms with E-state index in [0.29, 0.717) is 55.0 Å². The van der Waals surface area contributed by atoms with E-state index < -0.39 is 11.2 Å². The van der Waals surface area contributed by atoms with Gasteiger partial charge in [-0.25, -0.2) is 4.79 Å². The quantitative estimate of drug-likeness (QED) is 0.588. The first-order chi connectivity index (χ1) is 15.4. The Labute approximate surface area is 184 Å². The third-order valence-electron chi connectivity index (χ3n) is 6.31. The van der Waals surface area contributed by atoms with Crippen LogP contribution in [0.1, 0.15) is 35.2 Å². The molecule has 1 saturated heterocycles. The molecule has 0 N–H and O–H groups in total. The molecule has 32 heavy (non-hydrogen) atoms. The number of Topliss-reactive ketones (excluding diaryl/α,β-unsaturated/α-hetero) is 1. The van der Waals surface area contributed by atoms with Crippen molar-refractivity contribution < 1.29 is 23.5 Å². The van der Waals surface area contributed by atoms with Crippen molar-refractivity contribution in [2.24, 2.45) is 0 Å². The van der Waals surface area contributed by atoms with Crippen molar-refractivity contribution in [3.05, 3.63) is 70.1 Å². The fraction of sp³-hybridized carbons (Fsp3) is 0.320. The van der Waals surface area contributed by atoms with Crippen LogP contribution in [0, 0.1) is 6.92 Å². The van der Waals surface area contributed by atoms with E-state index >= 15 is 0 Å². The fourth-order valence-electron chi connectivity index (χ4n) is 4.52. The molecule has 1 aromatic heterocycles. The molecule has 0 atom stereocenters. The number of benzene rings is 2. The second kappa shape index (κ2) is 7.82. The summed E-state index contributed by atoms with van der Waals surface area (Å²) in [5, 5.41) is 0.827. The van der Waals surface area contributed by atoms with Gasteiger partial charge in [-0.1, -0.05) is 12.1 Å². The molecule has 1 spiro atoms. The topological polar surface area (TPSA) is 86.0 Å². The second-order valence-electron chi connectivity index (χ2n) is 8.46. The van der Waals surface area contributed by atoms with Gasteiger partial charge >= 0.3 is 5.63 Å². The third kappa shape index (κ3) is 3.75. The number of likely N-dealkylation sites (tertiary alicyclic amines) is 1. The molecule has 2 aromatic carbocycles. The minimum atomic E-state index is -0.545. The summed E-state index contributed by atoms with van der Waals surface area (Å²) in [6.07, 6.45) is 1.53. The summed E-state index contributed by atoms with van der Waals surface area (Å²) < 4.78 is 17.1. The Morgan fingerprint density at radius 1 is 1.09 bits per heavy atom. The number of hydrogen-bond donors (Lipinski definition) is 0.